The lowest BCUT2D eigenvalue weighted by Crippen LogP contribution is -1.94. The average molecular weight is 441 g/mol. The lowest BCUT2D eigenvalue weighted by atomic mass is 10.0. The van der Waals surface area contributed by atoms with Gasteiger partial charge in [-0.2, -0.15) is 5.26 Å². The molecule has 0 unspecified atom stereocenters. The summed E-state index contributed by atoms with van der Waals surface area (Å²) in [5.41, 5.74) is 1.39. The van der Waals surface area contributed by atoms with Gasteiger partial charge in [-0.25, -0.2) is 4.39 Å². The number of benzene rings is 2. The molecule has 0 aromatic heterocycles. The SMILES string of the molecule is CCOc1cc(/C=C(/C#N)c2cccc(F)c2)c(Br)c(Br)c1O. The smallest absolute Gasteiger partial charge is 0.173 e. The topological polar surface area (TPSA) is 53.2 Å². The van der Waals surface area contributed by atoms with E-state index in [4.69, 9.17) is 4.74 Å². The number of allylic oxidation sites excluding steroid dienone is 1. The summed E-state index contributed by atoms with van der Waals surface area (Å²) < 4.78 is 19.7. The van der Waals surface area contributed by atoms with Gasteiger partial charge in [0.1, 0.15) is 5.82 Å². The first kappa shape index (κ1) is 17.5. The number of nitriles is 1. The molecule has 2 aromatic carbocycles. The quantitative estimate of drug-likeness (QED) is 0.503. The third kappa shape index (κ3) is 3.92. The van der Waals surface area contributed by atoms with Crippen LogP contribution in [0.15, 0.2) is 39.3 Å². The van der Waals surface area contributed by atoms with E-state index in [9.17, 15) is 14.8 Å². The first-order valence-electron chi connectivity index (χ1n) is 6.69. The molecule has 2 rings (SSSR count). The molecule has 0 fully saturated rings. The van der Waals surface area contributed by atoms with E-state index in [1.807, 2.05) is 0 Å². The molecule has 0 heterocycles. The number of phenolic OH excluding ortho intramolecular Hbond substituents is 1. The number of ether oxygens (including phenoxy) is 1. The summed E-state index contributed by atoms with van der Waals surface area (Å²) in [7, 11) is 0. The van der Waals surface area contributed by atoms with Gasteiger partial charge >= 0.3 is 0 Å². The van der Waals surface area contributed by atoms with Crippen molar-refractivity contribution in [3.05, 3.63) is 56.2 Å². The fourth-order valence-corrected chi connectivity index (χ4v) is 2.82. The van der Waals surface area contributed by atoms with E-state index < -0.39 is 5.82 Å². The van der Waals surface area contributed by atoms with E-state index in [1.165, 1.54) is 12.1 Å². The largest absolute Gasteiger partial charge is 0.503 e. The van der Waals surface area contributed by atoms with Gasteiger partial charge in [0.2, 0.25) is 0 Å². The second-order valence-corrected chi connectivity index (χ2v) is 6.14. The maximum atomic E-state index is 13.4. The Hall–Kier alpha value is -1.84. The molecule has 3 nitrogen and oxygen atoms in total. The Labute approximate surface area is 150 Å². The van der Waals surface area contributed by atoms with Gasteiger partial charge in [0.25, 0.3) is 0 Å². The second-order valence-electron chi connectivity index (χ2n) is 4.55. The van der Waals surface area contributed by atoms with Crippen LogP contribution in [0.3, 0.4) is 0 Å². The van der Waals surface area contributed by atoms with Crippen molar-refractivity contribution in [1.29, 1.82) is 5.26 Å². The van der Waals surface area contributed by atoms with Crippen molar-refractivity contribution >= 4 is 43.5 Å². The normalized spacial score (nSPS) is 11.2. The van der Waals surface area contributed by atoms with Gasteiger partial charge in [0, 0.05) is 4.47 Å². The summed E-state index contributed by atoms with van der Waals surface area (Å²) in [4.78, 5) is 0. The van der Waals surface area contributed by atoms with Gasteiger partial charge < -0.3 is 9.84 Å². The fraction of sp³-hybridized carbons (Fsp3) is 0.118. The highest BCUT2D eigenvalue weighted by Gasteiger charge is 2.15. The van der Waals surface area contributed by atoms with Crippen molar-refractivity contribution in [2.45, 2.75) is 6.92 Å². The molecule has 0 saturated carbocycles. The van der Waals surface area contributed by atoms with Gasteiger partial charge in [-0.1, -0.05) is 12.1 Å². The molecule has 0 saturated heterocycles. The standard InChI is InChI=1S/C17H12Br2FNO2/c1-2-23-14-8-11(15(18)16(19)17(14)22)6-12(9-21)10-4-3-5-13(20)7-10/h3-8,22H,2H2,1H3/b12-6-. The second kappa shape index (κ2) is 7.62. The molecular formula is C17H12Br2FNO2. The van der Waals surface area contributed by atoms with Crippen LogP contribution in [0.5, 0.6) is 11.5 Å². The van der Waals surface area contributed by atoms with Gasteiger partial charge in [-0.05, 0) is 74.2 Å². The molecule has 0 radical (unpaired) electrons. The van der Waals surface area contributed by atoms with Gasteiger partial charge in [0.05, 0.1) is 22.7 Å². The molecule has 2 aromatic rings. The van der Waals surface area contributed by atoms with E-state index in [1.54, 1.807) is 31.2 Å². The number of hydrogen-bond acceptors (Lipinski definition) is 3. The van der Waals surface area contributed by atoms with Gasteiger partial charge in [0.15, 0.2) is 11.5 Å². The minimum atomic E-state index is -0.412. The van der Waals surface area contributed by atoms with Crippen molar-refractivity contribution in [1.82, 2.24) is 0 Å². The Morgan fingerprint density at radius 1 is 1.35 bits per heavy atom. The molecule has 0 atom stereocenters. The molecule has 23 heavy (non-hydrogen) atoms. The molecule has 0 bridgehead atoms. The lowest BCUT2D eigenvalue weighted by Gasteiger charge is -2.11. The monoisotopic (exact) mass is 439 g/mol. The highest BCUT2D eigenvalue weighted by atomic mass is 79.9. The number of aromatic hydroxyl groups is 1. The summed E-state index contributed by atoms with van der Waals surface area (Å²) in [5, 5.41) is 19.4. The zero-order valence-electron chi connectivity index (χ0n) is 12.1. The van der Waals surface area contributed by atoms with E-state index in [-0.39, 0.29) is 5.75 Å². The number of hydrogen-bond donors (Lipinski definition) is 1. The summed E-state index contributed by atoms with van der Waals surface area (Å²) in [6.45, 7) is 2.19. The van der Waals surface area contributed by atoms with E-state index in [2.05, 4.69) is 37.9 Å². The van der Waals surface area contributed by atoms with Crippen LogP contribution in [0.4, 0.5) is 4.39 Å². The van der Waals surface area contributed by atoms with Crippen LogP contribution < -0.4 is 4.74 Å². The van der Waals surface area contributed by atoms with E-state index >= 15 is 0 Å². The number of nitrogens with zero attached hydrogens (tertiary/aromatic N) is 1. The highest BCUT2D eigenvalue weighted by molar-refractivity contribution is 9.13. The molecule has 0 amide bonds. The summed E-state index contributed by atoms with van der Waals surface area (Å²) in [6, 6.07) is 9.49. The maximum Gasteiger partial charge on any atom is 0.173 e. The predicted molar refractivity (Wildman–Crippen MR) is 94.6 cm³/mol. The first-order chi connectivity index (χ1) is 11.0. The third-order valence-electron chi connectivity index (χ3n) is 3.03. The van der Waals surface area contributed by atoms with E-state index in [0.29, 0.717) is 38.0 Å². The minimum Gasteiger partial charge on any atom is -0.503 e. The van der Waals surface area contributed by atoms with Crippen molar-refractivity contribution in [2.24, 2.45) is 0 Å². The molecule has 6 heteroatoms. The molecule has 0 aliphatic carbocycles. The first-order valence-corrected chi connectivity index (χ1v) is 8.28. The Morgan fingerprint density at radius 2 is 2.09 bits per heavy atom. The number of rotatable bonds is 4. The van der Waals surface area contributed by atoms with Gasteiger partial charge in [-0.3, -0.25) is 0 Å². The van der Waals surface area contributed by atoms with Crippen LogP contribution in [0.25, 0.3) is 11.6 Å². The van der Waals surface area contributed by atoms with Crippen LogP contribution in [0.2, 0.25) is 0 Å². The molecule has 0 aliphatic rings. The maximum absolute atomic E-state index is 13.4. The molecule has 0 aliphatic heterocycles. The van der Waals surface area contributed by atoms with Crippen LogP contribution in [-0.4, -0.2) is 11.7 Å². The third-order valence-corrected chi connectivity index (χ3v) is 5.19. The number of phenols is 1. The summed E-state index contributed by atoms with van der Waals surface area (Å²) >= 11 is 6.65. The highest BCUT2D eigenvalue weighted by Crippen LogP contribution is 2.42. The summed E-state index contributed by atoms with van der Waals surface area (Å²) in [5.74, 6) is -0.143. The van der Waals surface area contributed by atoms with E-state index in [0.717, 1.165) is 0 Å². The van der Waals surface area contributed by atoms with Crippen molar-refractivity contribution < 1.29 is 14.2 Å². The zero-order chi connectivity index (χ0) is 17.0. The Kier molecular flexibility index (Phi) is 5.80. The summed E-state index contributed by atoms with van der Waals surface area (Å²) in [6.07, 6.45) is 1.60. The fourth-order valence-electron chi connectivity index (χ4n) is 1.97. The van der Waals surface area contributed by atoms with Crippen LogP contribution in [0.1, 0.15) is 18.1 Å². The van der Waals surface area contributed by atoms with Gasteiger partial charge in [-0.15, -0.1) is 0 Å². The minimum absolute atomic E-state index is 0.0276. The number of halogens is 3. The van der Waals surface area contributed by atoms with Crippen molar-refractivity contribution in [2.75, 3.05) is 6.61 Å². The molecule has 118 valence electrons. The Bertz CT molecular complexity index is 813. The Balaban J connectivity index is 2.58. The van der Waals surface area contributed by atoms with Crippen molar-refractivity contribution in [3.63, 3.8) is 0 Å². The Morgan fingerprint density at radius 3 is 2.70 bits per heavy atom. The van der Waals surface area contributed by atoms with Crippen LogP contribution in [-0.2, 0) is 0 Å². The van der Waals surface area contributed by atoms with Crippen LogP contribution in [0, 0.1) is 17.1 Å². The van der Waals surface area contributed by atoms with Crippen molar-refractivity contribution in [3.8, 4) is 17.6 Å². The lowest BCUT2D eigenvalue weighted by molar-refractivity contribution is 0.317. The predicted octanol–water partition coefficient (Wildman–Crippen LogP) is 5.52. The molecular weight excluding hydrogens is 429 g/mol. The molecule has 0 spiro atoms. The molecule has 1 N–H and O–H groups in total. The average Bonchev–Trinajstić information content (AvgIpc) is 2.54. The van der Waals surface area contributed by atoms with Crippen LogP contribution >= 0.6 is 31.9 Å². The zero-order valence-corrected chi connectivity index (χ0v) is 15.3.